The van der Waals surface area contributed by atoms with Gasteiger partial charge in [0.25, 0.3) is 0 Å². The minimum Gasteiger partial charge on any atom is -0.294 e. The minimum absolute atomic E-state index is 0.0470. The molecule has 0 aliphatic carbocycles. The van der Waals surface area contributed by atoms with Crippen LogP contribution >= 0.6 is 24.2 Å². The Morgan fingerprint density at radius 3 is 3.00 bits per heavy atom. The summed E-state index contributed by atoms with van der Waals surface area (Å²) in [4.78, 5) is 20.2. The van der Waals surface area contributed by atoms with E-state index in [4.69, 9.17) is 11.6 Å². The van der Waals surface area contributed by atoms with Crippen LogP contribution in [0.15, 0.2) is 6.33 Å². The molecule has 2 heterocycles. The first kappa shape index (κ1) is 11.6. The van der Waals surface area contributed by atoms with E-state index in [0.29, 0.717) is 18.7 Å². The minimum atomic E-state index is -0.752. The molecule has 16 heavy (non-hydrogen) atoms. The van der Waals surface area contributed by atoms with Crippen molar-refractivity contribution in [2.24, 2.45) is 5.92 Å². The molecule has 4 nitrogen and oxygen atoms in total. The fourth-order valence-electron chi connectivity index (χ4n) is 1.64. The van der Waals surface area contributed by atoms with Gasteiger partial charge in [-0.3, -0.25) is 9.69 Å². The van der Waals surface area contributed by atoms with Gasteiger partial charge in [0, 0.05) is 13.0 Å². The van der Waals surface area contributed by atoms with E-state index in [2.05, 4.69) is 22.6 Å². The van der Waals surface area contributed by atoms with E-state index in [1.165, 1.54) is 4.90 Å². The molecule has 7 heteroatoms. The van der Waals surface area contributed by atoms with E-state index >= 15 is 0 Å². The van der Waals surface area contributed by atoms with Crippen molar-refractivity contribution in [2.75, 3.05) is 17.2 Å². The largest absolute Gasteiger partial charge is 0.294 e. The van der Waals surface area contributed by atoms with Crippen LogP contribution in [0.5, 0.6) is 0 Å². The average molecular weight is 262 g/mol. The Morgan fingerprint density at radius 2 is 2.38 bits per heavy atom. The lowest BCUT2D eigenvalue weighted by atomic mass is 10.1. The Hall–Kier alpha value is -0.880. The highest BCUT2D eigenvalue weighted by Crippen LogP contribution is 2.27. The van der Waals surface area contributed by atoms with Crippen molar-refractivity contribution >= 4 is 36.0 Å². The van der Waals surface area contributed by atoms with E-state index in [-0.39, 0.29) is 22.8 Å². The van der Waals surface area contributed by atoms with Gasteiger partial charge in [-0.2, -0.15) is 17.0 Å². The number of carbonyl (C=O) groups excluding carboxylic acids is 1. The number of carbonyl (C=O) groups is 1. The Morgan fingerprint density at radius 1 is 1.62 bits per heavy atom. The molecule has 1 fully saturated rings. The van der Waals surface area contributed by atoms with E-state index in [0.717, 1.165) is 6.33 Å². The highest BCUT2D eigenvalue weighted by molar-refractivity contribution is 7.80. The summed E-state index contributed by atoms with van der Waals surface area (Å²) in [5, 5.41) is -0.271. The zero-order valence-corrected chi connectivity index (χ0v) is 9.88. The molecule has 2 rings (SSSR count). The van der Waals surface area contributed by atoms with Crippen molar-refractivity contribution in [1.82, 2.24) is 9.97 Å². The predicted octanol–water partition coefficient (Wildman–Crippen LogP) is 1.55. The van der Waals surface area contributed by atoms with E-state index in [1.807, 2.05) is 0 Å². The highest BCUT2D eigenvalue weighted by Gasteiger charge is 2.32. The SMILES string of the molecule is O=C1CC(CS)CN1c1ncnc(Cl)c1F. The number of hydrogen-bond acceptors (Lipinski definition) is 4. The number of nitrogens with zero attached hydrogens (tertiary/aromatic N) is 3. The van der Waals surface area contributed by atoms with Crippen molar-refractivity contribution in [3.8, 4) is 0 Å². The maximum Gasteiger partial charge on any atom is 0.228 e. The first-order valence-electron chi connectivity index (χ1n) is 4.70. The third-order valence-electron chi connectivity index (χ3n) is 2.45. The highest BCUT2D eigenvalue weighted by atomic mass is 35.5. The van der Waals surface area contributed by atoms with E-state index in [9.17, 15) is 9.18 Å². The summed E-state index contributed by atoms with van der Waals surface area (Å²) in [6.45, 7) is 0.423. The van der Waals surface area contributed by atoms with Crippen LogP contribution in [0, 0.1) is 11.7 Å². The maximum absolute atomic E-state index is 13.6. The lowest BCUT2D eigenvalue weighted by Gasteiger charge is -2.15. The second-order valence-corrected chi connectivity index (χ2v) is 4.28. The van der Waals surface area contributed by atoms with Gasteiger partial charge in [0.1, 0.15) is 6.33 Å². The van der Waals surface area contributed by atoms with Crippen molar-refractivity contribution < 1.29 is 9.18 Å². The van der Waals surface area contributed by atoms with Crippen molar-refractivity contribution in [1.29, 1.82) is 0 Å². The van der Waals surface area contributed by atoms with Gasteiger partial charge < -0.3 is 0 Å². The van der Waals surface area contributed by atoms with Gasteiger partial charge in [-0.1, -0.05) is 11.6 Å². The lowest BCUT2D eigenvalue weighted by Crippen LogP contribution is -2.27. The number of hydrogen-bond donors (Lipinski definition) is 1. The number of halogens is 2. The topological polar surface area (TPSA) is 46.1 Å². The Labute approximate surface area is 102 Å². The summed E-state index contributed by atoms with van der Waals surface area (Å²) in [7, 11) is 0. The maximum atomic E-state index is 13.6. The Bertz CT molecular complexity index is 431. The van der Waals surface area contributed by atoms with Gasteiger partial charge in [-0.15, -0.1) is 0 Å². The quantitative estimate of drug-likeness (QED) is 0.649. The monoisotopic (exact) mass is 261 g/mol. The summed E-state index contributed by atoms with van der Waals surface area (Å²) in [6, 6.07) is 0. The van der Waals surface area contributed by atoms with E-state index < -0.39 is 5.82 Å². The first-order valence-corrected chi connectivity index (χ1v) is 5.71. The zero-order valence-electron chi connectivity index (χ0n) is 8.23. The number of thiol groups is 1. The number of anilines is 1. The number of amides is 1. The molecule has 1 atom stereocenters. The average Bonchev–Trinajstić information content (AvgIpc) is 2.64. The van der Waals surface area contributed by atoms with Gasteiger partial charge in [-0.25, -0.2) is 9.97 Å². The van der Waals surface area contributed by atoms with E-state index in [1.54, 1.807) is 0 Å². The van der Waals surface area contributed by atoms with Crippen molar-refractivity contribution in [2.45, 2.75) is 6.42 Å². The summed E-state index contributed by atoms with van der Waals surface area (Å²) in [6.07, 6.45) is 1.51. The molecule has 86 valence electrons. The molecular formula is C9H9ClFN3OS. The molecule has 1 aromatic heterocycles. The molecule has 0 N–H and O–H groups in total. The molecule has 0 radical (unpaired) electrons. The molecule has 0 saturated carbocycles. The van der Waals surface area contributed by atoms with Crippen LogP contribution in [0.1, 0.15) is 6.42 Å². The molecule has 1 aliphatic heterocycles. The molecule has 1 amide bonds. The molecule has 0 spiro atoms. The van der Waals surface area contributed by atoms with Gasteiger partial charge in [0.2, 0.25) is 11.7 Å². The number of aromatic nitrogens is 2. The second kappa shape index (κ2) is 4.55. The van der Waals surface area contributed by atoms with Crippen LogP contribution in [0.2, 0.25) is 5.15 Å². The van der Waals surface area contributed by atoms with Crippen LogP contribution in [0.3, 0.4) is 0 Å². The molecule has 1 aromatic rings. The Balaban J connectivity index is 2.31. The lowest BCUT2D eigenvalue weighted by molar-refractivity contribution is -0.117. The predicted molar refractivity (Wildman–Crippen MR) is 61.3 cm³/mol. The van der Waals surface area contributed by atoms with Crippen molar-refractivity contribution in [3.63, 3.8) is 0 Å². The second-order valence-electron chi connectivity index (χ2n) is 3.56. The third kappa shape index (κ3) is 1.99. The third-order valence-corrected chi connectivity index (χ3v) is 3.23. The number of rotatable bonds is 2. The van der Waals surface area contributed by atoms with Crippen LogP contribution in [-0.4, -0.2) is 28.2 Å². The first-order chi connectivity index (χ1) is 7.63. The summed E-state index contributed by atoms with van der Waals surface area (Å²) in [5.74, 6) is -0.244. The van der Waals surface area contributed by atoms with Crippen LogP contribution in [0.25, 0.3) is 0 Å². The van der Waals surface area contributed by atoms with Crippen LogP contribution in [-0.2, 0) is 4.79 Å². The summed E-state index contributed by atoms with van der Waals surface area (Å²) in [5.41, 5.74) is 0. The van der Waals surface area contributed by atoms with Crippen molar-refractivity contribution in [3.05, 3.63) is 17.3 Å². The fraction of sp³-hybridized carbons (Fsp3) is 0.444. The Kier molecular flexibility index (Phi) is 3.30. The van der Waals surface area contributed by atoms with Gasteiger partial charge in [0.15, 0.2) is 11.0 Å². The molecule has 0 bridgehead atoms. The normalized spacial score (nSPS) is 20.6. The molecular weight excluding hydrogens is 253 g/mol. The van der Waals surface area contributed by atoms with Gasteiger partial charge in [-0.05, 0) is 11.7 Å². The smallest absolute Gasteiger partial charge is 0.228 e. The zero-order chi connectivity index (χ0) is 11.7. The van der Waals surface area contributed by atoms with Crippen LogP contribution < -0.4 is 4.90 Å². The molecule has 1 aliphatic rings. The van der Waals surface area contributed by atoms with Crippen LogP contribution in [0.4, 0.5) is 10.2 Å². The molecule has 1 saturated heterocycles. The van der Waals surface area contributed by atoms with Gasteiger partial charge in [0.05, 0.1) is 0 Å². The summed E-state index contributed by atoms with van der Waals surface area (Å²) < 4.78 is 13.6. The molecule has 1 unspecified atom stereocenters. The standard InChI is InChI=1S/C9H9ClFN3OS/c10-8-7(11)9(13-4-12-8)14-2-5(3-16)1-6(14)15/h4-5,16H,1-3H2. The summed E-state index contributed by atoms with van der Waals surface area (Å²) >= 11 is 9.66. The van der Waals surface area contributed by atoms with Gasteiger partial charge >= 0.3 is 0 Å². The molecule has 0 aromatic carbocycles. The fourth-order valence-corrected chi connectivity index (χ4v) is 2.01.